The molecule has 0 aliphatic carbocycles. The first kappa shape index (κ1) is 12.9. The van der Waals surface area contributed by atoms with Crippen LogP contribution in [0.3, 0.4) is 0 Å². The molecular formula is C12H26N2O. The molecule has 1 aliphatic rings. The Labute approximate surface area is 94.2 Å². The van der Waals surface area contributed by atoms with Crippen molar-refractivity contribution >= 4 is 0 Å². The van der Waals surface area contributed by atoms with Gasteiger partial charge in [0.15, 0.2) is 0 Å². The number of piperidine rings is 1. The summed E-state index contributed by atoms with van der Waals surface area (Å²) in [6.07, 6.45) is 3.94. The van der Waals surface area contributed by atoms with Crippen molar-refractivity contribution in [1.29, 1.82) is 0 Å². The average Bonchev–Trinajstić information content (AvgIpc) is 2.27. The van der Waals surface area contributed by atoms with E-state index in [1.807, 2.05) is 0 Å². The molecule has 0 amide bonds. The van der Waals surface area contributed by atoms with Gasteiger partial charge in [-0.05, 0) is 44.8 Å². The maximum Gasteiger partial charge on any atom is 0.0589 e. The lowest BCUT2D eigenvalue weighted by molar-refractivity contribution is 0.0971. The highest BCUT2D eigenvalue weighted by Crippen LogP contribution is 2.32. The highest BCUT2D eigenvalue weighted by atomic mass is 16.5. The highest BCUT2D eigenvalue weighted by molar-refractivity contribution is 4.85. The van der Waals surface area contributed by atoms with E-state index >= 15 is 0 Å². The minimum absolute atomic E-state index is 0.549. The number of methoxy groups -OCH3 is 1. The summed E-state index contributed by atoms with van der Waals surface area (Å²) < 4.78 is 5.11. The Morgan fingerprint density at radius 3 is 2.53 bits per heavy atom. The fourth-order valence-electron chi connectivity index (χ4n) is 2.48. The van der Waals surface area contributed by atoms with Crippen LogP contribution < -0.4 is 5.32 Å². The van der Waals surface area contributed by atoms with E-state index in [-0.39, 0.29) is 0 Å². The molecule has 15 heavy (non-hydrogen) atoms. The van der Waals surface area contributed by atoms with Gasteiger partial charge in [-0.1, -0.05) is 6.92 Å². The second kappa shape index (κ2) is 6.46. The Morgan fingerprint density at radius 1 is 1.33 bits per heavy atom. The van der Waals surface area contributed by atoms with Crippen molar-refractivity contribution in [2.75, 3.05) is 46.9 Å². The lowest BCUT2D eigenvalue weighted by Crippen LogP contribution is -2.44. The summed E-state index contributed by atoms with van der Waals surface area (Å²) in [4.78, 5) is 2.42. The van der Waals surface area contributed by atoms with E-state index in [1.165, 1.54) is 38.9 Å². The molecule has 0 radical (unpaired) electrons. The Kier molecular flexibility index (Phi) is 5.58. The largest absolute Gasteiger partial charge is 0.383 e. The van der Waals surface area contributed by atoms with E-state index in [2.05, 4.69) is 24.2 Å². The summed E-state index contributed by atoms with van der Waals surface area (Å²) in [5.74, 6) is 0. The van der Waals surface area contributed by atoms with Crippen molar-refractivity contribution in [3.63, 3.8) is 0 Å². The average molecular weight is 214 g/mol. The van der Waals surface area contributed by atoms with E-state index in [0.717, 1.165) is 13.2 Å². The molecule has 90 valence electrons. The van der Waals surface area contributed by atoms with E-state index < -0.39 is 0 Å². The normalized spacial score (nSPS) is 20.8. The van der Waals surface area contributed by atoms with Crippen LogP contribution >= 0.6 is 0 Å². The first-order valence-corrected chi connectivity index (χ1v) is 6.11. The first-order valence-electron chi connectivity index (χ1n) is 6.11. The van der Waals surface area contributed by atoms with Crippen molar-refractivity contribution in [1.82, 2.24) is 10.2 Å². The van der Waals surface area contributed by atoms with Crippen molar-refractivity contribution in [3.8, 4) is 0 Å². The smallest absolute Gasteiger partial charge is 0.0589 e. The van der Waals surface area contributed by atoms with E-state index in [4.69, 9.17) is 4.74 Å². The number of hydrogen-bond acceptors (Lipinski definition) is 3. The molecule has 0 aromatic heterocycles. The molecule has 0 unspecified atom stereocenters. The topological polar surface area (TPSA) is 24.5 Å². The number of nitrogens with zero attached hydrogens (tertiary/aromatic N) is 1. The Balaban J connectivity index is 2.37. The minimum atomic E-state index is 0.549. The molecule has 0 atom stereocenters. The standard InChI is InChI=1S/C12H26N2O/c1-4-12(5-7-13-8-6-12)11-14(2)9-10-15-3/h13H,4-11H2,1-3H3. The predicted octanol–water partition coefficient (Wildman–Crippen LogP) is 1.34. The van der Waals surface area contributed by atoms with Gasteiger partial charge < -0.3 is 15.0 Å². The van der Waals surface area contributed by atoms with Crippen LogP contribution in [0.4, 0.5) is 0 Å². The molecule has 3 heteroatoms. The predicted molar refractivity (Wildman–Crippen MR) is 64.2 cm³/mol. The van der Waals surface area contributed by atoms with Gasteiger partial charge in [0, 0.05) is 20.2 Å². The summed E-state index contributed by atoms with van der Waals surface area (Å²) in [7, 11) is 3.98. The maximum absolute atomic E-state index is 5.11. The van der Waals surface area contributed by atoms with Gasteiger partial charge >= 0.3 is 0 Å². The Morgan fingerprint density at radius 2 is 2.00 bits per heavy atom. The van der Waals surface area contributed by atoms with Gasteiger partial charge in [-0.15, -0.1) is 0 Å². The molecule has 0 aromatic carbocycles. The SMILES string of the molecule is CCC1(CN(C)CCOC)CCNCC1. The Bertz CT molecular complexity index is 167. The number of likely N-dealkylation sites (N-methyl/N-ethyl adjacent to an activating group) is 1. The third-order valence-corrected chi connectivity index (χ3v) is 3.70. The number of hydrogen-bond donors (Lipinski definition) is 1. The zero-order chi connectivity index (χ0) is 11.1. The third kappa shape index (κ3) is 4.09. The molecule has 0 spiro atoms. The molecule has 1 saturated heterocycles. The maximum atomic E-state index is 5.11. The van der Waals surface area contributed by atoms with Gasteiger partial charge in [0.05, 0.1) is 6.61 Å². The molecule has 1 fully saturated rings. The van der Waals surface area contributed by atoms with Crippen LogP contribution in [0.5, 0.6) is 0 Å². The quantitative estimate of drug-likeness (QED) is 0.722. The zero-order valence-corrected chi connectivity index (χ0v) is 10.5. The number of rotatable bonds is 6. The molecule has 0 aromatic rings. The first-order chi connectivity index (χ1) is 7.22. The number of ether oxygens (including phenoxy) is 1. The lowest BCUT2D eigenvalue weighted by atomic mass is 9.76. The van der Waals surface area contributed by atoms with Crippen LogP contribution in [0.2, 0.25) is 0 Å². The fraction of sp³-hybridized carbons (Fsp3) is 1.00. The van der Waals surface area contributed by atoms with Crippen LogP contribution in [0.1, 0.15) is 26.2 Å². The third-order valence-electron chi connectivity index (χ3n) is 3.70. The van der Waals surface area contributed by atoms with E-state index in [9.17, 15) is 0 Å². The molecule has 1 aliphatic heterocycles. The highest BCUT2D eigenvalue weighted by Gasteiger charge is 2.30. The lowest BCUT2D eigenvalue weighted by Gasteiger charge is -2.39. The van der Waals surface area contributed by atoms with Crippen molar-refractivity contribution < 1.29 is 4.74 Å². The minimum Gasteiger partial charge on any atom is -0.383 e. The van der Waals surface area contributed by atoms with Crippen LogP contribution in [0.15, 0.2) is 0 Å². The van der Waals surface area contributed by atoms with Crippen molar-refractivity contribution in [2.24, 2.45) is 5.41 Å². The van der Waals surface area contributed by atoms with Crippen molar-refractivity contribution in [2.45, 2.75) is 26.2 Å². The molecule has 1 N–H and O–H groups in total. The second-order valence-electron chi connectivity index (χ2n) is 4.83. The van der Waals surface area contributed by atoms with Crippen LogP contribution in [0.25, 0.3) is 0 Å². The fourth-order valence-corrected chi connectivity index (χ4v) is 2.48. The molecule has 1 heterocycles. The summed E-state index contributed by atoms with van der Waals surface area (Å²) in [5.41, 5.74) is 0.549. The van der Waals surface area contributed by atoms with Crippen LogP contribution in [0, 0.1) is 5.41 Å². The van der Waals surface area contributed by atoms with E-state index in [0.29, 0.717) is 5.41 Å². The van der Waals surface area contributed by atoms with Gasteiger partial charge in [0.25, 0.3) is 0 Å². The summed E-state index contributed by atoms with van der Waals surface area (Å²) in [6, 6.07) is 0. The molecular weight excluding hydrogens is 188 g/mol. The van der Waals surface area contributed by atoms with E-state index in [1.54, 1.807) is 7.11 Å². The summed E-state index contributed by atoms with van der Waals surface area (Å²) in [6.45, 7) is 7.81. The number of nitrogens with one attached hydrogen (secondary N) is 1. The van der Waals surface area contributed by atoms with Gasteiger partial charge in [-0.25, -0.2) is 0 Å². The van der Waals surface area contributed by atoms with Gasteiger partial charge in [-0.2, -0.15) is 0 Å². The summed E-state index contributed by atoms with van der Waals surface area (Å²) >= 11 is 0. The van der Waals surface area contributed by atoms with Crippen LogP contribution in [-0.4, -0.2) is 51.8 Å². The Hall–Kier alpha value is -0.120. The summed E-state index contributed by atoms with van der Waals surface area (Å²) in [5, 5.41) is 3.45. The zero-order valence-electron chi connectivity index (χ0n) is 10.5. The molecule has 0 saturated carbocycles. The molecule has 1 rings (SSSR count). The second-order valence-corrected chi connectivity index (χ2v) is 4.83. The van der Waals surface area contributed by atoms with Gasteiger partial charge in [-0.3, -0.25) is 0 Å². The molecule has 3 nitrogen and oxygen atoms in total. The van der Waals surface area contributed by atoms with Gasteiger partial charge in [0.1, 0.15) is 0 Å². The molecule has 0 bridgehead atoms. The monoisotopic (exact) mass is 214 g/mol. The van der Waals surface area contributed by atoms with Gasteiger partial charge in [0.2, 0.25) is 0 Å². The van der Waals surface area contributed by atoms with Crippen molar-refractivity contribution in [3.05, 3.63) is 0 Å². The van der Waals surface area contributed by atoms with Crippen LogP contribution in [-0.2, 0) is 4.74 Å².